The van der Waals surface area contributed by atoms with Crippen LogP contribution in [0.1, 0.15) is 5.69 Å². The van der Waals surface area contributed by atoms with Crippen molar-refractivity contribution in [3.8, 4) is 0 Å². The maximum Gasteiger partial charge on any atom is 0.125 e. The second kappa shape index (κ2) is 5.38. The molecule has 0 aliphatic rings. The molecular formula is C10H9BrN4S. The molecule has 0 amide bonds. The lowest BCUT2D eigenvalue weighted by atomic mass is 10.5. The van der Waals surface area contributed by atoms with Gasteiger partial charge in [0.2, 0.25) is 0 Å². The van der Waals surface area contributed by atoms with Crippen molar-refractivity contribution in [2.45, 2.75) is 16.6 Å². The van der Waals surface area contributed by atoms with Crippen molar-refractivity contribution in [3.05, 3.63) is 40.9 Å². The molecule has 2 aromatic heterocycles. The van der Waals surface area contributed by atoms with Crippen molar-refractivity contribution in [1.29, 1.82) is 0 Å². The van der Waals surface area contributed by atoms with Gasteiger partial charge in [-0.25, -0.2) is 9.97 Å². The molecule has 16 heavy (non-hydrogen) atoms. The summed E-state index contributed by atoms with van der Waals surface area (Å²) in [4.78, 5) is 12.7. The van der Waals surface area contributed by atoms with E-state index < -0.39 is 0 Å². The number of pyridine rings is 1. The molecule has 0 fully saturated rings. The summed E-state index contributed by atoms with van der Waals surface area (Å²) in [5.41, 5.74) is 6.37. The highest BCUT2D eigenvalue weighted by Crippen LogP contribution is 2.26. The highest BCUT2D eigenvalue weighted by atomic mass is 79.9. The summed E-state index contributed by atoms with van der Waals surface area (Å²) in [6, 6.07) is 3.86. The molecule has 0 unspecified atom stereocenters. The lowest BCUT2D eigenvalue weighted by Crippen LogP contribution is -2.02. The van der Waals surface area contributed by atoms with Gasteiger partial charge in [-0.2, -0.15) is 0 Å². The first-order valence-electron chi connectivity index (χ1n) is 4.59. The van der Waals surface area contributed by atoms with Gasteiger partial charge in [0, 0.05) is 29.6 Å². The second-order valence-corrected chi connectivity index (χ2v) is 4.85. The number of nitrogens with zero attached hydrogens (tertiary/aromatic N) is 3. The predicted octanol–water partition coefficient (Wildman–Crippen LogP) is 2.24. The van der Waals surface area contributed by atoms with Gasteiger partial charge in [0.05, 0.1) is 5.69 Å². The molecule has 0 atom stereocenters. The van der Waals surface area contributed by atoms with Crippen LogP contribution in [0.2, 0.25) is 0 Å². The summed E-state index contributed by atoms with van der Waals surface area (Å²) < 4.78 is 0.954. The Balaban J connectivity index is 2.23. The fourth-order valence-electron chi connectivity index (χ4n) is 1.10. The van der Waals surface area contributed by atoms with E-state index in [1.807, 2.05) is 12.1 Å². The summed E-state index contributed by atoms with van der Waals surface area (Å²) in [7, 11) is 0. The van der Waals surface area contributed by atoms with Crippen molar-refractivity contribution in [2.24, 2.45) is 5.73 Å². The van der Waals surface area contributed by atoms with Crippen molar-refractivity contribution in [2.75, 3.05) is 0 Å². The van der Waals surface area contributed by atoms with E-state index >= 15 is 0 Å². The van der Waals surface area contributed by atoms with Gasteiger partial charge in [0.25, 0.3) is 0 Å². The molecule has 2 N–H and O–H groups in total. The van der Waals surface area contributed by atoms with E-state index in [-0.39, 0.29) is 0 Å². The summed E-state index contributed by atoms with van der Waals surface area (Å²) in [5, 5.41) is 1.68. The van der Waals surface area contributed by atoms with Crippen molar-refractivity contribution < 1.29 is 0 Å². The molecule has 2 aromatic rings. The monoisotopic (exact) mass is 296 g/mol. The van der Waals surface area contributed by atoms with E-state index in [9.17, 15) is 0 Å². The Morgan fingerprint density at radius 2 is 2.00 bits per heavy atom. The van der Waals surface area contributed by atoms with Gasteiger partial charge in [0.15, 0.2) is 0 Å². The van der Waals surface area contributed by atoms with Crippen LogP contribution >= 0.6 is 27.7 Å². The molecule has 4 nitrogen and oxygen atoms in total. The topological polar surface area (TPSA) is 64.7 Å². The van der Waals surface area contributed by atoms with Gasteiger partial charge >= 0.3 is 0 Å². The van der Waals surface area contributed by atoms with E-state index in [0.29, 0.717) is 6.54 Å². The Hall–Kier alpha value is -0.980. The van der Waals surface area contributed by atoms with E-state index in [2.05, 4.69) is 30.9 Å². The number of hydrogen-bond acceptors (Lipinski definition) is 5. The van der Waals surface area contributed by atoms with Crippen LogP contribution in [0.15, 0.2) is 45.2 Å². The Labute approximate surface area is 106 Å². The van der Waals surface area contributed by atoms with Gasteiger partial charge in [-0.3, -0.25) is 4.98 Å². The number of halogens is 1. The molecule has 0 aliphatic carbocycles. The summed E-state index contributed by atoms with van der Waals surface area (Å²) in [6.07, 6.45) is 5.04. The maximum absolute atomic E-state index is 5.58. The fraction of sp³-hybridized carbons (Fsp3) is 0.100. The van der Waals surface area contributed by atoms with Gasteiger partial charge in [0.1, 0.15) is 10.1 Å². The maximum atomic E-state index is 5.58. The van der Waals surface area contributed by atoms with Crippen molar-refractivity contribution in [1.82, 2.24) is 15.0 Å². The molecule has 6 heteroatoms. The average Bonchev–Trinajstić information content (AvgIpc) is 2.33. The summed E-state index contributed by atoms with van der Waals surface area (Å²) in [5.74, 6) is 0. The molecule has 82 valence electrons. The first-order chi connectivity index (χ1) is 7.79. The van der Waals surface area contributed by atoms with Gasteiger partial charge in [-0.1, -0.05) is 0 Å². The third-order valence-corrected chi connectivity index (χ3v) is 3.28. The minimum Gasteiger partial charge on any atom is -0.325 e. The van der Waals surface area contributed by atoms with Crippen molar-refractivity contribution in [3.63, 3.8) is 0 Å². The first-order valence-corrected chi connectivity index (χ1v) is 6.20. The number of hydrogen-bond donors (Lipinski definition) is 1. The van der Waals surface area contributed by atoms with E-state index in [0.717, 1.165) is 20.2 Å². The average molecular weight is 297 g/mol. The van der Waals surface area contributed by atoms with Crippen LogP contribution < -0.4 is 5.73 Å². The zero-order valence-corrected chi connectivity index (χ0v) is 10.7. The molecular weight excluding hydrogens is 288 g/mol. The fourth-order valence-corrected chi connectivity index (χ4v) is 2.14. The molecule has 0 spiro atoms. The quantitative estimate of drug-likeness (QED) is 0.941. The largest absolute Gasteiger partial charge is 0.325 e. The Bertz CT molecular complexity index is 475. The standard InChI is InChI=1S/C10H9BrN4S/c11-7-1-2-9(15-6-7)16-10-8(5-12)13-3-4-14-10/h1-4,6H,5,12H2. The van der Waals surface area contributed by atoms with Gasteiger partial charge < -0.3 is 5.73 Å². The summed E-state index contributed by atoms with van der Waals surface area (Å²) >= 11 is 4.80. The molecule has 2 rings (SSSR count). The van der Waals surface area contributed by atoms with Gasteiger partial charge in [-0.05, 0) is 39.8 Å². The SMILES string of the molecule is NCc1nccnc1Sc1ccc(Br)cn1. The number of aromatic nitrogens is 3. The van der Waals surface area contributed by atoms with E-state index in [1.165, 1.54) is 11.8 Å². The highest BCUT2D eigenvalue weighted by Gasteiger charge is 2.06. The van der Waals surface area contributed by atoms with Crippen LogP contribution in [0, 0.1) is 0 Å². The second-order valence-electron chi connectivity index (χ2n) is 2.93. The van der Waals surface area contributed by atoms with Crippen LogP contribution in [-0.4, -0.2) is 15.0 Å². The Morgan fingerprint density at radius 1 is 1.19 bits per heavy atom. The molecule has 0 radical (unpaired) electrons. The molecule has 0 aliphatic heterocycles. The molecule has 0 saturated heterocycles. The lowest BCUT2D eigenvalue weighted by Gasteiger charge is -2.03. The third kappa shape index (κ3) is 2.78. The lowest BCUT2D eigenvalue weighted by molar-refractivity contribution is 0.884. The highest BCUT2D eigenvalue weighted by molar-refractivity contribution is 9.10. The normalized spacial score (nSPS) is 10.4. The van der Waals surface area contributed by atoms with E-state index in [1.54, 1.807) is 18.6 Å². The zero-order chi connectivity index (χ0) is 11.4. The first kappa shape index (κ1) is 11.5. The minimum absolute atomic E-state index is 0.382. The molecule has 2 heterocycles. The molecule has 0 bridgehead atoms. The van der Waals surface area contributed by atoms with Crippen molar-refractivity contribution >= 4 is 27.7 Å². The number of nitrogens with two attached hydrogens (primary N) is 1. The van der Waals surface area contributed by atoms with Gasteiger partial charge in [-0.15, -0.1) is 0 Å². The summed E-state index contributed by atoms with van der Waals surface area (Å²) in [6.45, 7) is 0.382. The van der Waals surface area contributed by atoms with Crippen LogP contribution in [0.3, 0.4) is 0 Å². The molecule has 0 saturated carbocycles. The predicted molar refractivity (Wildman–Crippen MR) is 66.0 cm³/mol. The Kier molecular flexibility index (Phi) is 3.87. The minimum atomic E-state index is 0.382. The van der Waals surface area contributed by atoms with Crippen LogP contribution in [0.5, 0.6) is 0 Å². The van der Waals surface area contributed by atoms with Crippen LogP contribution in [0.4, 0.5) is 0 Å². The molecule has 0 aromatic carbocycles. The Morgan fingerprint density at radius 3 is 2.69 bits per heavy atom. The third-order valence-electron chi connectivity index (χ3n) is 1.83. The van der Waals surface area contributed by atoms with E-state index in [4.69, 9.17) is 5.73 Å². The van der Waals surface area contributed by atoms with Crippen LogP contribution in [0.25, 0.3) is 0 Å². The van der Waals surface area contributed by atoms with Crippen LogP contribution in [-0.2, 0) is 6.54 Å². The smallest absolute Gasteiger partial charge is 0.125 e. The number of rotatable bonds is 3. The zero-order valence-electron chi connectivity index (χ0n) is 8.30.